The second-order valence-electron chi connectivity index (χ2n) is 10.7. The number of aromatic nitrogens is 4. The molecule has 2 N–H and O–H groups in total. The van der Waals surface area contributed by atoms with E-state index < -0.39 is 5.95 Å². The van der Waals surface area contributed by atoms with Crippen LogP contribution >= 0.6 is 0 Å². The van der Waals surface area contributed by atoms with Crippen LogP contribution in [0.3, 0.4) is 0 Å². The summed E-state index contributed by atoms with van der Waals surface area (Å²) in [4.78, 5) is 38.9. The van der Waals surface area contributed by atoms with E-state index in [1.165, 1.54) is 18.5 Å². The number of rotatable bonds is 10. The molecule has 10 nitrogen and oxygen atoms in total. The number of hydrogen-bond acceptors (Lipinski definition) is 7. The number of halogens is 1. The van der Waals surface area contributed by atoms with Crippen molar-refractivity contribution in [1.29, 1.82) is 0 Å². The van der Waals surface area contributed by atoms with Crippen LogP contribution in [0.15, 0.2) is 73.1 Å². The topological polar surface area (TPSA) is 114 Å². The van der Waals surface area contributed by atoms with Gasteiger partial charge in [-0.25, -0.2) is 9.97 Å². The molecular weight excluding hydrogens is 561 g/mol. The molecule has 2 aromatic carbocycles. The lowest BCUT2D eigenvalue weighted by atomic mass is 10.0. The Balaban J connectivity index is 0.00000240. The van der Waals surface area contributed by atoms with Crippen molar-refractivity contribution in [2.45, 2.75) is 26.2 Å². The molecule has 1 fully saturated rings. The van der Waals surface area contributed by atoms with E-state index in [2.05, 4.69) is 20.6 Å². The maximum Gasteiger partial charge on any atom is 0.270 e. The van der Waals surface area contributed by atoms with E-state index >= 15 is 0 Å². The largest absolute Gasteiger partial charge is 0.457 e. The van der Waals surface area contributed by atoms with Gasteiger partial charge in [-0.2, -0.15) is 4.39 Å². The Morgan fingerprint density at radius 2 is 1.89 bits per heavy atom. The summed E-state index contributed by atoms with van der Waals surface area (Å²) in [5.74, 6) is 1.02. The predicted molar refractivity (Wildman–Crippen MR) is 170 cm³/mol. The number of carbonyl (C=O) groups is 2. The van der Waals surface area contributed by atoms with Gasteiger partial charge in [-0.3, -0.25) is 14.6 Å². The third kappa shape index (κ3) is 6.36. The number of fused-ring (bicyclic) bond motifs is 1. The van der Waals surface area contributed by atoms with Crippen molar-refractivity contribution >= 4 is 34.5 Å². The molecule has 5 aromatic rings. The van der Waals surface area contributed by atoms with Crippen LogP contribution in [0.1, 0.15) is 38.2 Å². The number of carbonyl (C=O) groups excluding carboxylic acids is 2. The van der Waals surface area contributed by atoms with Crippen molar-refractivity contribution in [1.82, 2.24) is 29.7 Å². The highest BCUT2D eigenvalue weighted by molar-refractivity contribution is 5.92. The normalized spacial score (nSPS) is 13.0. The van der Waals surface area contributed by atoms with Gasteiger partial charge in [-0.05, 0) is 72.9 Å². The first-order valence-corrected chi connectivity index (χ1v) is 14.5. The van der Waals surface area contributed by atoms with Crippen LogP contribution in [-0.2, 0) is 11.8 Å². The fourth-order valence-electron chi connectivity index (χ4n) is 5.30. The van der Waals surface area contributed by atoms with Crippen LogP contribution in [0.4, 0.5) is 16.0 Å². The summed E-state index contributed by atoms with van der Waals surface area (Å²) in [5, 5.41) is 6.24. The smallest absolute Gasteiger partial charge is 0.270 e. The highest BCUT2D eigenvalue weighted by Crippen LogP contribution is 2.31. The van der Waals surface area contributed by atoms with Crippen LogP contribution < -0.4 is 15.4 Å². The van der Waals surface area contributed by atoms with Crippen molar-refractivity contribution in [3.8, 4) is 22.6 Å². The molecule has 1 saturated heterocycles. The van der Waals surface area contributed by atoms with Gasteiger partial charge in [0.05, 0.1) is 11.0 Å². The molecule has 0 radical (unpaired) electrons. The SMILES string of the molecule is Cc1ccc(Nc2nc3cc(Oc4ccnc(C(=O)NCCCN5CCCC5=O)c4)ccc3n2C)cc1-c1ccnc(F)c1.[HH].[HH]. The number of likely N-dealkylation sites (tertiary alicyclic amines) is 1. The predicted octanol–water partition coefficient (Wildman–Crippen LogP) is 6.25. The van der Waals surface area contributed by atoms with E-state index in [1.807, 2.05) is 59.8 Å². The molecule has 0 unspecified atom stereocenters. The Morgan fingerprint density at radius 1 is 1.05 bits per heavy atom. The Morgan fingerprint density at radius 3 is 2.70 bits per heavy atom. The third-order valence-electron chi connectivity index (χ3n) is 7.65. The van der Waals surface area contributed by atoms with Crippen LogP contribution in [0.2, 0.25) is 0 Å². The van der Waals surface area contributed by atoms with Crippen molar-refractivity contribution in [2.24, 2.45) is 7.05 Å². The number of imidazole rings is 1. The molecule has 3 aromatic heterocycles. The monoisotopic (exact) mass is 597 g/mol. The molecule has 1 aliphatic rings. The van der Waals surface area contributed by atoms with Gasteiger partial charge >= 0.3 is 0 Å². The van der Waals surface area contributed by atoms with Crippen molar-refractivity contribution in [3.05, 3.63) is 90.3 Å². The lowest BCUT2D eigenvalue weighted by Gasteiger charge is -2.15. The first-order valence-electron chi connectivity index (χ1n) is 14.5. The molecule has 6 rings (SSSR count). The standard InChI is InChI=1S/C33H32FN7O3.2H2/c1-21-6-7-23(18-26(21)22-10-13-36-30(34)17-22)38-33-39-27-19-24(8-9-29(27)40(33)2)44-25-11-14-35-28(20-25)32(43)37-12-4-16-41-15-3-5-31(41)42;;/h6-11,13-14,17-20H,3-5,12,15-16H2,1-2H3,(H,37,43)(H,38,39);2*1H. The zero-order valence-electron chi connectivity index (χ0n) is 24.5. The maximum atomic E-state index is 13.8. The van der Waals surface area contributed by atoms with Crippen molar-refractivity contribution < 1.29 is 21.6 Å². The van der Waals surface area contributed by atoms with Crippen molar-refractivity contribution in [2.75, 3.05) is 25.0 Å². The van der Waals surface area contributed by atoms with E-state index in [1.54, 1.807) is 18.2 Å². The summed E-state index contributed by atoms with van der Waals surface area (Å²) in [6.45, 7) is 3.86. The molecule has 228 valence electrons. The van der Waals surface area contributed by atoms with Crippen molar-refractivity contribution in [3.63, 3.8) is 0 Å². The molecule has 0 atom stereocenters. The molecule has 0 aliphatic carbocycles. The molecule has 0 bridgehead atoms. The Hall–Kier alpha value is -5.32. The molecule has 1 aliphatic heterocycles. The highest BCUT2D eigenvalue weighted by atomic mass is 19.1. The van der Waals surface area contributed by atoms with Gasteiger partial charge in [0, 0.05) is 72.2 Å². The summed E-state index contributed by atoms with van der Waals surface area (Å²) in [6.07, 6.45) is 5.19. The number of amides is 2. The number of nitrogens with zero attached hydrogens (tertiary/aromatic N) is 5. The summed E-state index contributed by atoms with van der Waals surface area (Å²) >= 11 is 0. The molecule has 44 heavy (non-hydrogen) atoms. The van der Waals surface area contributed by atoms with Gasteiger partial charge in [0.1, 0.15) is 17.2 Å². The van der Waals surface area contributed by atoms with E-state index in [0.717, 1.165) is 46.4 Å². The second-order valence-corrected chi connectivity index (χ2v) is 10.7. The van der Waals surface area contributed by atoms with Crippen LogP contribution in [0, 0.1) is 12.9 Å². The van der Waals surface area contributed by atoms with Crippen LogP contribution in [-0.4, -0.2) is 55.9 Å². The maximum absolute atomic E-state index is 13.8. The first kappa shape index (κ1) is 28.8. The number of anilines is 2. The molecular formula is C33H36FN7O3. The molecule has 11 heteroatoms. The third-order valence-corrected chi connectivity index (χ3v) is 7.65. The molecule has 2 amide bonds. The fourth-order valence-corrected chi connectivity index (χ4v) is 5.30. The number of ether oxygens (including phenoxy) is 1. The Kier molecular flexibility index (Phi) is 8.18. The van der Waals surface area contributed by atoms with Crippen LogP contribution in [0.25, 0.3) is 22.2 Å². The van der Waals surface area contributed by atoms with Gasteiger partial charge in [0.2, 0.25) is 17.8 Å². The molecule has 4 heterocycles. The van der Waals surface area contributed by atoms with Gasteiger partial charge in [-0.1, -0.05) is 6.07 Å². The first-order chi connectivity index (χ1) is 21.3. The van der Waals surface area contributed by atoms with E-state index in [0.29, 0.717) is 43.4 Å². The lowest BCUT2D eigenvalue weighted by Crippen LogP contribution is -2.30. The average molecular weight is 598 g/mol. The van der Waals surface area contributed by atoms with Gasteiger partial charge in [0.15, 0.2) is 0 Å². The minimum atomic E-state index is -0.525. The van der Waals surface area contributed by atoms with E-state index in [9.17, 15) is 14.0 Å². The lowest BCUT2D eigenvalue weighted by molar-refractivity contribution is -0.127. The number of benzene rings is 2. The minimum Gasteiger partial charge on any atom is -0.457 e. The van der Waals surface area contributed by atoms with E-state index in [-0.39, 0.29) is 20.4 Å². The summed E-state index contributed by atoms with van der Waals surface area (Å²) < 4.78 is 21.8. The molecule has 0 saturated carbocycles. The zero-order valence-corrected chi connectivity index (χ0v) is 24.5. The number of hydrogen-bond donors (Lipinski definition) is 2. The van der Waals surface area contributed by atoms with Gasteiger partial charge in [0.25, 0.3) is 5.91 Å². The Labute approximate surface area is 256 Å². The van der Waals surface area contributed by atoms with Crippen LogP contribution in [0.5, 0.6) is 11.5 Å². The number of pyridine rings is 2. The van der Waals surface area contributed by atoms with E-state index in [4.69, 9.17) is 9.72 Å². The summed E-state index contributed by atoms with van der Waals surface area (Å²) in [6, 6.07) is 18.0. The Bertz CT molecular complexity index is 1870. The highest BCUT2D eigenvalue weighted by Gasteiger charge is 2.19. The second kappa shape index (κ2) is 12.5. The average Bonchev–Trinajstić information content (AvgIpc) is 3.57. The summed E-state index contributed by atoms with van der Waals surface area (Å²) in [5.41, 5.74) is 5.34. The number of nitrogens with one attached hydrogen (secondary N) is 2. The zero-order chi connectivity index (χ0) is 30.6. The summed E-state index contributed by atoms with van der Waals surface area (Å²) in [7, 11) is 1.92. The minimum absolute atomic E-state index is 0. The molecule has 0 spiro atoms. The quantitative estimate of drug-likeness (QED) is 0.145. The van der Waals surface area contributed by atoms with Gasteiger partial charge < -0.3 is 24.8 Å². The fraction of sp³-hybridized carbons (Fsp3) is 0.242. The number of aryl methyl sites for hydroxylation is 2. The van der Waals surface area contributed by atoms with Gasteiger partial charge in [-0.15, -0.1) is 0 Å².